The minimum Gasteiger partial charge on any atom is -0.426 e. The van der Waals surface area contributed by atoms with Gasteiger partial charge in [-0.1, -0.05) is 0 Å². The van der Waals surface area contributed by atoms with Crippen molar-refractivity contribution in [2.45, 2.75) is 13.8 Å². The number of ether oxygens (including phenoxy) is 1. The molecule has 0 fully saturated rings. The number of hydrogen-bond acceptors (Lipinski definition) is 3. The number of benzene rings is 1. The van der Waals surface area contributed by atoms with Crippen LogP contribution in [-0.4, -0.2) is 21.4 Å². The monoisotopic (exact) mass is 266 g/mol. The first-order valence-electron chi connectivity index (χ1n) is 5.63. The number of hydrogen-bond donors (Lipinski definition) is 0. The van der Waals surface area contributed by atoms with E-state index in [0.717, 1.165) is 11.0 Å². The fourth-order valence-corrected chi connectivity index (χ4v) is 1.59. The second kappa shape index (κ2) is 4.61. The third-order valence-electron chi connectivity index (χ3n) is 2.79. The van der Waals surface area contributed by atoms with E-state index in [4.69, 9.17) is 16.3 Å². The first-order chi connectivity index (χ1) is 8.44. The fourth-order valence-electron chi connectivity index (χ4n) is 1.48. The highest BCUT2D eigenvalue weighted by Crippen LogP contribution is 2.24. The Bertz CT molecular complexity index is 590. The third-order valence-corrected chi connectivity index (χ3v) is 3.46. The molecule has 0 aliphatic heterocycles. The van der Waals surface area contributed by atoms with Gasteiger partial charge in [0.25, 0.3) is 0 Å². The SMILES string of the molecule is Cn1cnc2cc(OC(=O)C(C)(C)CCl)ccc21. The second-order valence-electron chi connectivity index (χ2n) is 4.91. The van der Waals surface area contributed by atoms with Crippen LogP contribution in [-0.2, 0) is 11.8 Å². The van der Waals surface area contributed by atoms with Gasteiger partial charge in [0.2, 0.25) is 0 Å². The van der Waals surface area contributed by atoms with Gasteiger partial charge in [-0.3, -0.25) is 4.79 Å². The average molecular weight is 267 g/mol. The summed E-state index contributed by atoms with van der Waals surface area (Å²) in [6.07, 6.45) is 1.72. The van der Waals surface area contributed by atoms with Crippen LogP contribution in [0.3, 0.4) is 0 Å². The van der Waals surface area contributed by atoms with E-state index < -0.39 is 5.41 Å². The van der Waals surface area contributed by atoms with E-state index in [1.807, 2.05) is 17.7 Å². The molecule has 0 atom stereocenters. The van der Waals surface area contributed by atoms with E-state index in [9.17, 15) is 4.79 Å². The highest BCUT2D eigenvalue weighted by molar-refractivity contribution is 6.19. The van der Waals surface area contributed by atoms with Crippen LogP contribution in [0.5, 0.6) is 5.75 Å². The van der Waals surface area contributed by atoms with Gasteiger partial charge in [0.05, 0.1) is 22.8 Å². The zero-order valence-corrected chi connectivity index (χ0v) is 11.4. The number of fused-ring (bicyclic) bond motifs is 1. The fraction of sp³-hybridized carbons (Fsp3) is 0.385. The van der Waals surface area contributed by atoms with E-state index >= 15 is 0 Å². The Morgan fingerprint density at radius 1 is 1.50 bits per heavy atom. The molecule has 96 valence electrons. The van der Waals surface area contributed by atoms with Gasteiger partial charge >= 0.3 is 5.97 Å². The lowest BCUT2D eigenvalue weighted by atomic mass is 9.97. The van der Waals surface area contributed by atoms with E-state index in [1.165, 1.54) is 0 Å². The van der Waals surface area contributed by atoms with Crippen LogP contribution in [0.15, 0.2) is 24.5 Å². The van der Waals surface area contributed by atoms with Crippen molar-refractivity contribution in [2.75, 3.05) is 5.88 Å². The lowest BCUT2D eigenvalue weighted by Crippen LogP contribution is -2.30. The van der Waals surface area contributed by atoms with Crippen LogP contribution in [0, 0.1) is 5.41 Å². The molecule has 1 aromatic heterocycles. The Balaban J connectivity index is 2.25. The molecule has 0 N–H and O–H groups in total. The summed E-state index contributed by atoms with van der Waals surface area (Å²) in [4.78, 5) is 16.1. The molecule has 0 saturated heterocycles. The number of carbonyl (C=O) groups excluding carboxylic acids is 1. The standard InChI is InChI=1S/C13H15ClN2O2/c1-13(2,7-14)12(17)18-9-4-5-11-10(6-9)15-8-16(11)3/h4-6,8H,7H2,1-3H3. The molecule has 18 heavy (non-hydrogen) atoms. The largest absolute Gasteiger partial charge is 0.426 e. The normalized spacial score (nSPS) is 11.8. The summed E-state index contributed by atoms with van der Waals surface area (Å²) >= 11 is 5.74. The van der Waals surface area contributed by atoms with Crippen molar-refractivity contribution in [1.29, 1.82) is 0 Å². The minimum absolute atomic E-state index is 0.220. The number of esters is 1. The van der Waals surface area contributed by atoms with Crippen LogP contribution in [0.2, 0.25) is 0 Å². The Labute approximate surface area is 111 Å². The Morgan fingerprint density at radius 3 is 2.89 bits per heavy atom. The van der Waals surface area contributed by atoms with Gasteiger partial charge < -0.3 is 9.30 Å². The average Bonchev–Trinajstić information content (AvgIpc) is 2.70. The van der Waals surface area contributed by atoms with Gasteiger partial charge in [-0.25, -0.2) is 4.98 Å². The first-order valence-corrected chi connectivity index (χ1v) is 6.17. The van der Waals surface area contributed by atoms with Crippen LogP contribution in [0.25, 0.3) is 11.0 Å². The maximum absolute atomic E-state index is 11.9. The van der Waals surface area contributed by atoms with Gasteiger partial charge in [-0.05, 0) is 26.0 Å². The highest BCUT2D eigenvalue weighted by atomic mass is 35.5. The molecule has 0 bridgehead atoms. The molecular weight excluding hydrogens is 252 g/mol. The summed E-state index contributed by atoms with van der Waals surface area (Å²) in [7, 11) is 1.91. The second-order valence-corrected chi connectivity index (χ2v) is 5.18. The quantitative estimate of drug-likeness (QED) is 0.487. The van der Waals surface area contributed by atoms with Crippen molar-refractivity contribution in [3.8, 4) is 5.75 Å². The summed E-state index contributed by atoms with van der Waals surface area (Å²) in [6, 6.07) is 5.38. The molecule has 0 saturated carbocycles. The lowest BCUT2D eigenvalue weighted by Gasteiger charge is -2.18. The van der Waals surface area contributed by atoms with Gasteiger partial charge in [-0.15, -0.1) is 11.6 Å². The van der Waals surface area contributed by atoms with Crippen LogP contribution in [0.1, 0.15) is 13.8 Å². The summed E-state index contributed by atoms with van der Waals surface area (Å²) < 4.78 is 7.22. The molecule has 0 aliphatic carbocycles. The molecule has 0 radical (unpaired) electrons. The molecular formula is C13H15ClN2O2. The summed E-state index contributed by atoms with van der Waals surface area (Å²) in [5, 5.41) is 0. The first kappa shape index (κ1) is 12.9. The Kier molecular flexibility index (Phi) is 3.30. The summed E-state index contributed by atoms with van der Waals surface area (Å²) in [5.41, 5.74) is 1.10. The van der Waals surface area contributed by atoms with E-state index in [0.29, 0.717) is 5.75 Å². The van der Waals surface area contributed by atoms with E-state index in [2.05, 4.69) is 4.98 Å². The van der Waals surface area contributed by atoms with Crippen molar-refractivity contribution in [3.05, 3.63) is 24.5 Å². The number of carbonyl (C=O) groups is 1. The Morgan fingerprint density at radius 2 is 2.22 bits per heavy atom. The predicted molar refractivity (Wildman–Crippen MR) is 70.9 cm³/mol. The molecule has 1 heterocycles. The van der Waals surface area contributed by atoms with Crippen molar-refractivity contribution in [2.24, 2.45) is 12.5 Å². The zero-order valence-electron chi connectivity index (χ0n) is 10.6. The molecule has 0 amide bonds. The Hall–Kier alpha value is -1.55. The number of nitrogens with zero attached hydrogens (tertiary/aromatic N) is 2. The number of halogens is 1. The number of alkyl halides is 1. The minimum atomic E-state index is -0.694. The molecule has 2 aromatic rings. The number of imidazole rings is 1. The zero-order chi connectivity index (χ0) is 13.3. The molecule has 1 aromatic carbocycles. The van der Waals surface area contributed by atoms with Crippen molar-refractivity contribution >= 4 is 28.6 Å². The van der Waals surface area contributed by atoms with Gasteiger partial charge in [0.1, 0.15) is 5.75 Å². The maximum atomic E-state index is 11.9. The lowest BCUT2D eigenvalue weighted by molar-refractivity contribution is -0.142. The smallest absolute Gasteiger partial charge is 0.318 e. The van der Waals surface area contributed by atoms with Crippen molar-refractivity contribution < 1.29 is 9.53 Å². The van der Waals surface area contributed by atoms with Crippen LogP contribution >= 0.6 is 11.6 Å². The molecule has 2 rings (SSSR count). The van der Waals surface area contributed by atoms with Crippen molar-refractivity contribution in [3.63, 3.8) is 0 Å². The number of aryl methyl sites for hydroxylation is 1. The number of aromatic nitrogens is 2. The molecule has 0 spiro atoms. The van der Waals surface area contributed by atoms with E-state index in [-0.39, 0.29) is 11.8 Å². The van der Waals surface area contributed by atoms with Gasteiger partial charge in [0, 0.05) is 19.0 Å². The van der Waals surface area contributed by atoms with Crippen LogP contribution in [0.4, 0.5) is 0 Å². The number of rotatable bonds is 3. The third kappa shape index (κ3) is 2.34. The molecule has 4 nitrogen and oxygen atoms in total. The molecule has 0 aliphatic rings. The van der Waals surface area contributed by atoms with E-state index in [1.54, 1.807) is 32.3 Å². The topological polar surface area (TPSA) is 44.1 Å². The molecule has 0 unspecified atom stereocenters. The summed E-state index contributed by atoms with van der Waals surface area (Å²) in [6.45, 7) is 3.50. The summed E-state index contributed by atoms with van der Waals surface area (Å²) in [5.74, 6) is 0.370. The van der Waals surface area contributed by atoms with Crippen molar-refractivity contribution in [1.82, 2.24) is 9.55 Å². The van der Waals surface area contributed by atoms with Gasteiger partial charge in [-0.2, -0.15) is 0 Å². The molecule has 5 heteroatoms. The van der Waals surface area contributed by atoms with Gasteiger partial charge in [0.15, 0.2) is 0 Å². The maximum Gasteiger partial charge on any atom is 0.318 e. The predicted octanol–water partition coefficient (Wildman–Crippen LogP) is 2.74. The highest BCUT2D eigenvalue weighted by Gasteiger charge is 2.28. The van der Waals surface area contributed by atoms with Crippen LogP contribution < -0.4 is 4.74 Å².